The van der Waals surface area contributed by atoms with Crippen LogP contribution in [0.1, 0.15) is 32.1 Å². The van der Waals surface area contributed by atoms with Gasteiger partial charge in [0.2, 0.25) is 0 Å². The minimum absolute atomic E-state index is 0.138. The molecule has 0 aliphatic heterocycles. The molecule has 0 bridgehead atoms. The fraction of sp³-hybridized carbons (Fsp3) is 0.875. The molecule has 1 N–H and O–H groups in total. The molecular formula is C16H15F17O. The van der Waals surface area contributed by atoms with Crippen LogP contribution in [0.3, 0.4) is 0 Å². The minimum atomic E-state index is -8.60. The number of aliphatic hydroxyl groups excluding tert-OH is 1. The van der Waals surface area contributed by atoms with Crippen LogP contribution in [-0.4, -0.2) is 59.3 Å². The van der Waals surface area contributed by atoms with Crippen molar-refractivity contribution in [2.24, 2.45) is 0 Å². The van der Waals surface area contributed by atoms with Crippen molar-refractivity contribution in [3.63, 3.8) is 0 Å². The summed E-state index contributed by atoms with van der Waals surface area (Å²) in [4.78, 5) is 0. The van der Waals surface area contributed by atoms with Gasteiger partial charge in [0, 0.05) is 13.0 Å². The lowest BCUT2D eigenvalue weighted by molar-refractivity contribution is -0.461. The second-order valence-corrected chi connectivity index (χ2v) is 6.88. The van der Waals surface area contributed by atoms with Gasteiger partial charge >= 0.3 is 47.6 Å². The van der Waals surface area contributed by atoms with Crippen molar-refractivity contribution in [1.29, 1.82) is 0 Å². The zero-order valence-electron chi connectivity index (χ0n) is 16.3. The number of alkyl halides is 17. The molecule has 0 spiro atoms. The van der Waals surface area contributed by atoms with Gasteiger partial charge in [-0.05, 0) is 25.7 Å². The van der Waals surface area contributed by atoms with E-state index >= 15 is 0 Å². The highest BCUT2D eigenvalue weighted by Crippen LogP contribution is 2.64. The van der Waals surface area contributed by atoms with Gasteiger partial charge in [-0.2, -0.15) is 74.6 Å². The van der Waals surface area contributed by atoms with E-state index in [0.29, 0.717) is 0 Å². The summed E-state index contributed by atoms with van der Waals surface area (Å²) in [6, 6.07) is 0. The Bertz CT molecular complexity index is 692. The summed E-state index contributed by atoms with van der Waals surface area (Å²) in [5.41, 5.74) is 0. The first-order chi connectivity index (χ1) is 14.8. The normalized spacial score (nSPS) is 15.9. The monoisotopic (exact) mass is 546 g/mol. The highest BCUT2D eigenvalue weighted by Gasteiger charge is 2.95. The molecule has 0 atom stereocenters. The number of rotatable bonds is 13. The lowest BCUT2D eigenvalue weighted by Gasteiger charge is -2.42. The smallest absolute Gasteiger partial charge is 0.396 e. The van der Waals surface area contributed by atoms with Gasteiger partial charge < -0.3 is 5.11 Å². The Hall–Kier alpha value is -1.49. The third kappa shape index (κ3) is 5.20. The summed E-state index contributed by atoms with van der Waals surface area (Å²) in [6.07, 6.45) is -9.51. The fourth-order valence-electron chi connectivity index (χ4n) is 2.24. The zero-order chi connectivity index (χ0) is 27.7. The molecule has 0 fully saturated rings. The summed E-state index contributed by atoms with van der Waals surface area (Å²) >= 11 is 0. The third-order valence-electron chi connectivity index (χ3n) is 4.34. The van der Waals surface area contributed by atoms with Crippen LogP contribution in [-0.2, 0) is 0 Å². The first-order valence-corrected chi connectivity index (χ1v) is 8.78. The molecule has 0 radical (unpaired) electrons. The lowest BCUT2D eigenvalue weighted by Crippen LogP contribution is -2.74. The lowest BCUT2D eigenvalue weighted by atomic mass is 9.88. The molecule has 0 unspecified atom stereocenters. The molecule has 0 aliphatic carbocycles. The van der Waals surface area contributed by atoms with Crippen LogP contribution in [0, 0.1) is 0 Å². The predicted molar refractivity (Wildman–Crippen MR) is 80.0 cm³/mol. The molecule has 1 nitrogen and oxygen atoms in total. The van der Waals surface area contributed by atoms with Gasteiger partial charge in [0.25, 0.3) is 0 Å². The van der Waals surface area contributed by atoms with Crippen molar-refractivity contribution in [2.75, 3.05) is 6.61 Å². The van der Waals surface area contributed by atoms with E-state index in [1.165, 1.54) is 6.08 Å². The molecular weight excluding hydrogens is 531 g/mol. The van der Waals surface area contributed by atoms with E-state index in [0.717, 1.165) is 6.08 Å². The first-order valence-electron chi connectivity index (χ1n) is 8.78. The molecule has 0 rings (SSSR count). The van der Waals surface area contributed by atoms with Gasteiger partial charge in [-0.3, -0.25) is 0 Å². The average molecular weight is 546 g/mol. The van der Waals surface area contributed by atoms with Crippen molar-refractivity contribution < 1.29 is 79.7 Å². The van der Waals surface area contributed by atoms with Crippen molar-refractivity contribution >= 4 is 0 Å². The second-order valence-electron chi connectivity index (χ2n) is 6.88. The molecule has 0 aromatic carbocycles. The SMILES string of the molecule is OCCC/C=C/CCCC(F)(F)C(F)(F)C(F)(F)C(F)(F)C(F)(F)C(F)(F)C(F)(F)C(F)(F)F. The molecule has 18 heteroatoms. The van der Waals surface area contributed by atoms with Crippen LogP contribution in [0.15, 0.2) is 12.2 Å². The maximum absolute atomic E-state index is 13.6. The summed E-state index contributed by atoms with van der Waals surface area (Å²) in [6.45, 7) is -0.309. The van der Waals surface area contributed by atoms with Gasteiger partial charge in [0.1, 0.15) is 0 Å². The number of aliphatic hydroxyl groups is 1. The average Bonchev–Trinajstić information content (AvgIpc) is 2.65. The van der Waals surface area contributed by atoms with Crippen molar-refractivity contribution in [3.05, 3.63) is 12.2 Å². The van der Waals surface area contributed by atoms with E-state index in [-0.39, 0.29) is 19.4 Å². The summed E-state index contributed by atoms with van der Waals surface area (Å²) in [7, 11) is 0. The molecule has 0 aromatic heterocycles. The van der Waals surface area contributed by atoms with Crippen molar-refractivity contribution in [1.82, 2.24) is 0 Å². The Balaban J connectivity index is 6.09. The van der Waals surface area contributed by atoms with E-state index in [9.17, 15) is 74.6 Å². The number of hydrogen-bond acceptors (Lipinski definition) is 1. The number of allylic oxidation sites excluding steroid dienone is 2. The highest BCUT2D eigenvalue weighted by atomic mass is 19.4. The molecule has 204 valence electrons. The standard InChI is InChI=1S/C16H15F17O/c17-9(18,7-5-3-1-2-4-6-8-34)10(19,20)11(21,22)12(23,24)13(25,26)14(27,28)15(29,30)16(31,32)33/h1-2,34H,3-8H2/b2-1+. The number of hydrogen-bond donors (Lipinski definition) is 1. The second kappa shape index (κ2) is 9.87. The summed E-state index contributed by atoms with van der Waals surface area (Å²) < 4.78 is 222. The Kier molecular flexibility index (Phi) is 9.44. The minimum Gasteiger partial charge on any atom is -0.396 e. The molecule has 0 saturated heterocycles. The predicted octanol–water partition coefficient (Wildman–Crippen LogP) is 7.49. The Morgan fingerprint density at radius 2 is 0.765 bits per heavy atom. The highest BCUT2D eigenvalue weighted by molar-refractivity contribution is 5.15. The van der Waals surface area contributed by atoms with E-state index in [4.69, 9.17) is 5.11 Å². The summed E-state index contributed by atoms with van der Waals surface area (Å²) in [5.74, 6) is -56.0. The molecule has 34 heavy (non-hydrogen) atoms. The van der Waals surface area contributed by atoms with Gasteiger partial charge in [-0.1, -0.05) is 12.2 Å². The molecule has 0 aliphatic rings. The molecule has 0 heterocycles. The van der Waals surface area contributed by atoms with Crippen LogP contribution in [0.25, 0.3) is 0 Å². The van der Waals surface area contributed by atoms with E-state index in [1.54, 1.807) is 0 Å². The summed E-state index contributed by atoms with van der Waals surface area (Å²) in [5, 5.41) is 8.45. The number of unbranched alkanes of at least 4 members (excludes halogenated alkanes) is 2. The molecule has 0 saturated carbocycles. The topological polar surface area (TPSA) is 20.2 Å². The fourth-order valence-corrected chi connectivity index (χ4v) is 2.24. The van der Waals surface area contributed by atoms with Gasteiger partial charge in [-0.25, -0.2) is 0 Å². The van der Waals surface area contributed by atoms with Crippen LogP contribution >= 0.6 is 0 Å². The van der Waals surface area contributed by atoms with Crippen LogP contribution in [0.4, 0.5) is 74.6 Å². The van der Waals surface area contributed by atoms with E-state index in [2.05, 4.69) is 0 Å². The van der Waals surface area contributed by atoms with Gasteiger partial charge in [-0.15, -0.1) is 0 Å². The number of halogens is 17. The Morgan fingerprint density at radius 1 is 0.441 bits per heavy atom. The van der Waals surface area contributed by atoms with Crippen molar-refractivity contribution in [3.8, 4) is 0 Å². The zero-order valence-corrected chi connectivity index (χ0v) is 16.3. The first kappa shape index (κ1) is 32.5. The van der Waals surface area contributed by atoms with Crippen LogP contribution < -0.4 is 0 Å². The molecule has 0 amide bonds. The van der Waals surface area contributed by atoms with Gasteiger partial charge in [0.15, 0.2) is 0 Å². The van der Waals surface area contributed by atoms with Crippen molar-refractivity contribution in [2.45, 2.75) is 79.7 Å². The largest absolute Gasteiger partial charge is 0.460 e. The Labute approximate surface area is 179 Å². The maximum Gasteiger partial charge on any atom is 0.460 e. The quantitative estimate of drug-likeness (QED) is 0.144. The Morgan fingerprint density at radius 3 is 1.12 bits per heavy atom. The van der Waals surface area contributed by atoms with E-state index in [1.807, 2.05) is 0 Å². The van der Waals surface area contributed by atoms with Crippen LogP contribution in [0.5, 0.6) is 0 Å². The maximum atomic E-state index is 13.6. The van der Waals surface area contributed by atoms with E-state index < -0.39 is 66.9 Å². The third-order valence-corrected chi connectivity index (χ3v) is 4.34. The van der Waals surface area contributed by atoms with Gasteiger partial charge in [0.05, 0.1) is 0 Å². The van der Waals surface area contributed by atoms with Crippen LogP contribution in [0.2, 0.25) is 0 Å². The molecule has 0 aromatic rings.